The number of amides is 1. The van der Waals surface area contributed by atoms with E-state index in [-0.39, 0.29) is 6.42 Å². The molecule has 0 bridgehead atoms. The number of carbonyl (C=O) groups excluding carboxylic acids is 1. The average Bonchev–Trinajstić information content (AvgIpc) is 2.59. The van der Waals surface area contributed by atoms with Gasteiger partial charge >= 0.3 is 0 Å². The molecule has 0 saturated heterocycles. The van der Waals surface area contributed by atoms with Gasteiger partial charge in [0, 0.05) is 13.0 Å². The van der Waals surface area contributed by atoms with Gasteiger partial charge in [-0.15, -0.1) is 0 Å². The zero-order chi connectivity index (χ0) is 10.1. The smallest absolute Gasteiger partial charge is 0.260 e. The summed E-state index contributed by atoms with van der Waals surface area (Å²) in [6, 6.07) is 0. The van der Waals surface area contributed by atoms with Crippen molar-refractivity contribution in [3.63, 3.8) is 0 Å². The number of alkyl halides is 2. The third kappa shape index (κ3) is 2.94. The standard InChI is InChI=1S/C9H15F2NO/c1-6(2)3-4-12-8(13)7-5-9(7,10)11/h6-7H,3-5H2,1-2H3,(H,12,13). The van der Waals surface area contributed by atoms with Crippen molar-refractivity contribution in [3.8, 4) is 0 Å². The first-order valence-corrected chi connectivity index (χ1v) is 4.59. The molecule has 0 aromatic rings. The van der Waals surface area contributed by atoms with E-state index in [1.165, 1.54) is 0 Å². The summed E-state index contributed by atoms with van der Waals surface area (Å²) in [5, 5.41) is 2.51. The van der Waals surface area contributed by atoms with Gasteiger partial charge < -0.3 is 5.32 Å². The molecule has 1 amide bonds. The van der Waals surface area contributed by atoms with Crippen molar-refractivity contribution in [1.82, 2.24) is 5.32 Å². The largest absolute Gasteiger partial charge is 0.356 e. The lowest BCUT2D eigenvalue weighted by Gasteiger charge is -2.06. The normalized spacial score (nSPS) is 24.5. The highest BCUT2D eigenvalue weighted by Crippen LogP contribution is 2.48. The maximum absolute atomic E-state index is 12.4. The van der Waals surface area contributed by atoms with Gasteiger partial charge in [-0.1, -0.05) is 13.8 Å². The van der Waals surface area contributed by atoms with E-state index < -0.39 is 17.7 Å². The Morgan fingerprint density at radius 2 is 2.15 bits per heavy atom. The fourth-order valence-corrected chi connectivity index (χ4v) is 1.10. The van der Waals surface area contributed by atoms with E-state index in [9.17, 15) is 13.6 Å². The summed E-state index contributed by atoms with van der Waals surface area (Å²) in [6.07, 6.45) is 0.560. The van der Waals surface area contributed by atoms with Crippen LogP contribution in [0.15, 0.2) is 0 Å². The summed E-state index contributed by atoms with van der Waals surface area (Å²) >= 11 is 0. The van der Waals surface area contributed by atoms with Gasteiger partial charge in [0.1, 0.15) is 5.92 Å². The fraction of sp³-hybridized carbons (Fsp3) is 0.889. The first-order valence-electron chi connectivity index (χ1n) is 4.59. The predicted octanol–water partition coefficient (Wildman–Crippen LogP) is 1.80. The third-order valence-corrected chi connectivity index (χ3v) is 2.16. The lowest BCUT2D eigenvalue weighted by atomic mass is 10.1. The van der Waals surface area contributed by atoms with Crippen molar-refractivity contribution >= 4 is 5.91 Å². The molecule has 1 saturated carbocycles. The van der Waals surface area contributed by atoms with E-state index >= 15 is 0 Å². The van der Waals surface area contributed by atoms with Crippen LogP contribution in [0.5, 0.6) is 0 Å². The van der Waals surface area contributed by atoms with Gasteiger partial charge in [-0.25, -0.2) is 8.78 Å². The Kier molecular flexibility index (Phi) is 2.88. The molecule has 1 aliphatic rings. The maximum Gasteiger partial charge on any atom is 0.260 e. The lowest BCUT2D eigenvalue weighted by molar-refractivity contribution is -0.124. The quantitative estimate of drug-likeness (QED) is 0.721. The molecular formula is C9H15F2NO. The van der Waals surface area contributed by atoms with Gasteiger partial charge in [0.25, 0.3) is 5.92 Å². The highest BCUT2D eigenvalue weighted by atomic mass is 19.3. The van der Waals surface area contributed by atoms with Crippen molar-refractivity contribution in [2.75, 3.05) is 6.54 Å². The van der Waals surface area contributed by atoms with Crippen LogP contribution in [0.4, 0.5) is 8.78 Å². The van der Waals surface area contributed by atoms with Crippen LogP contribution in [0, 0.1) is 11.8 Å². The molecule has 1 fully saturated rings. The predicted molar refractivity (Wildman–Crippen MR) is 45.5 cm³/mol. The Balaban J connectivity index is 2.13. The summed E-state index contributed by atoms with van der Waals surface area (Å²) in [5.74, 6) is -3.80. The number of carbonyl (C=O) groups is 1. The molecule has 76 valence electrons. The minimum atomic E-state index is -2.73. The molecule has 1 unspecified atom stereocenters. The number of hydrogen-bond acceptors (Lipinski definition) is 1. The molecular weight excluding hydrogens is 176 g/mol. The Morgan fingerprint density at radius 1 is 1.62 bits per heavy atom. The second kappa shape index (κ2) is 3.60. The van der Waals surface area contributed by atoms with E-state index in [2.05, 4.69) is 5.32 Å². The van der Waals surface area contributed by atoms with Crippen molar-refractivity contribution in [2.45, 2.75) is 32.6 Å². The summed E-state index contributed by atoms with van der Waals surface area (Å²) in [7, 11) is 0. The minimum absolute atomic E-state index is 0.277. The van der Waals surface area contributed by atoms with Crippen LogP contribution >= 0.6 is 0 Å². The van der Waals surface area contributed by atoms with E-state index in [1.807, 2.05) is 13.8 Å². The van der Waals surface area contributed by atoms with Gasteiger partial charge in [-0.05, 0) is 12.3 Å². The average molecular weight is 191 g/mol. The van der Waals surface area contributed by atoms with E-state index in [4.69, 9.17) is 0 Å². The number of nitrogens with one attached hydrogen (secondary N) is 1. The molecule has 1 N–H and O–H groups in total. The van der Waals surface area contributed by atoms with Crippen molar-refractivity contribution in [3.05, 3.63) is 0 Å². The van der Waals surface area contributed by atoms with Gasteiger partial charge in [-0.2, -0.15) is 0 Å². The highest BCUT2D eigenvalue weighted by Gasteiger charge is 2.61. The molecule has 0 spiro atoms. The van der Waals surface area contributed by atoms with Crippen LogP contribution in [-0.4, -0.2) is 18.4 Å². The molecule has 1 aliphatic carbocycles. The fourth-order valence-electron chi connectivity index (χ4n) is 1.10. The van der Waals surface area contributed by atoms with Crippen molar-refractivity contribution in [1.29, 1.82) is 0 Å². The SMILES string of the molecule is CC(C)CCNC(=O)C1CC1(F)F. The topological polar surface area (TPSA) is 29.1 Å². The first-order chi connectivity index (χ1) is 5.93. The molecule has 0 aromatic carbocycles. The molecule has 0 aromatic heterocycles. The number of hydrogen-bond donors (Lipinski definition) is 1. The Labute approximate surface area is 76.7 Å². The zero-order valence-electron chi connectivity index (χ0n) is 7.94. The van der Waals surface area contributed by atoms with E-state index in [0.29, 0.717) is 12.5 Å². The van der Waals surface area contributed by atoms with Crippen LogP contribution < -0.4 is 5.32 Å². The molecule has 1 rings (SSSR count). The minimum Gasteiger partial charge on any atom is -0.356 e. The molecule has 13 heavy (non-hydrogen) atoms. The van der Waals surface area contributed by atoms with E-state index in [1.54, 1.807) is 0 Å². The molecule has 1 atom stereocenters. The summed E-state index contributed by atoms with van der Waals surface area (Å²) in [6.45, 7) is 4.55. The van der Waals surface area contributed by atoms with Crippen LogP contribution in [0.25, 0.3) is 0 Å². The monoisotopic (exact) mass is 191 g/mol. The Hall–Kier alpha value is -0.670. The lowest BCUT2D eigenvalue weighted by Crippen LogP contribution is -2.28. The second-order valence-electron chi connectivity index (χ2n) is 3.99. The number of rotatable bonds is 4. The van der Waals surface area contributed by atoms with Crippen LogP contribution in [0.3, 0.4) is 0 Å². The third-order valence-electron chi connectivity index (χ3n) is 2.16. The number of halogens is 2. The first kappa shape index (κ1) is 10.4. The molecule has 0 radical (unpaired) electrons. The van der Waals surface area contributed by atoms with E-state index in [0.717, 1.165) is 6.42 Å². The Morgan fingerprint density at radius 3 is 2.54 bits per heavy atom. The van der Waals surface area contributed by atoms with Crippen molar-refractivity contribution in [2.24, 2.45) is 11.8 Å². The zero-order valence-corrected chi connectivity index (χ0v) is 7.94. The maximum atomic E-state index is 12.4. The Bertz CT molecular complexity index is 204. The van der Waals surface area contributed by atoms with Gasteiger partial charge in [0.15, 0.2) is 0 Å². The van der Waals surface area contributed by atoms with Gasteiger partial charge in [0.2, 0.25) is 5.91 Å². The van der Waals surface area contributed by atoms with Crippen molar-refractivity contribution < 1.29 is 13.6 Å². The van der Waals surface area contributed by atoms with Crippen LogP contribution in [0.2, 0.25) is 0 Å². The molecule has 4 heteroatoms. The molecule has 0 heterocycles. The highest BCUT2D eigenvalue weighted by molar-refractivity contribution is 5.82. The van der Waals surface area contributed by atoms with Crippen LogP contribution in [0.1, 0.15) is 26.7 Å². The van der Waals surface area contributed by atoms with Gasteiger partial charge in [-0.3, -0.25) is 4.79 Å². The summed E-state index contributed by atoms with van der Waals surface area (Å²) in [5.41, 5.74) is 0. The van der Waals surface area contributed by atoms with Crippen LogP contribution in [-0.2, 0) is 4.79 Å². The molecule has 2 nitrogen and oxygen atoms in total. The second-order valence-corrected chi connectivity index (χ2v) is 3.99. The summed E-state index contributed by atoms with van der Waals surface area (Å²) < 4.78 is 24.7. The summed E-state index contributed by atoms with van der Waals surface area (Å²) in [4.78, 5) is 11.0. The molecule has 0 aliphatic heterocycles. The van der Waals surface area contributed by atoms with Gasteiger partial charge in [0.05, 0.1) is 0 Å².